The minimum atomic E-state index is -0.0381. The second-order valence-corrected chi connectivity index (χ2v) is 7.18. The molecule has 1 N–H and O–H groups in total. The number of nitrogens with one attached hydrogen (secondary N) is 1. The summed E-state index contributed by atoms with van der Waals surface area (Å²) in [5.74, 6) is 1.72. The van der Waals surface area contributed by atoms with E-state index in [2.05, 4.69) is 12.2 Å². The lowest BCUT2D eigenvalue weighted by atomic mass is 10.0. The number of thioether (sulfide) groups is 1. The van der Waals surface area contributed by atoms with Crippen LogP contribution in [-0.2, 0) is 11.2 Å². The summed E-state index contributed by atoms with van der Waals surface area (Å²) in [4.78, 5) is 11.7. The highest BCUT2D eigenvalue weighted by molar-refractivity contribution is 7.99. The Morgan fingerprint density at radius 3 is 2.64 bits per heavy atom. The molecule has 1 saturated carbocycles. The van der Waals surface area contributed by atoms with Crippen molar-refractivity contribution in [2.75, 3.05) is 18.9 Å². The second kappa shape index (κ2) is 9.78. The van der Waals surface area contributed by atoms with Crippen LogP contribution in [-0.4, -0.2) is 30.1 Å². The van der Waals surface area contributed by atoms with E-state index in [0.29, 0.717) is 0 Å². The van der Waals surface area contributed by atoms with Crippen molar-refractivity contribution in [3.05, 3.63) is 29.8 Å². The zero-order valence-corrected chi connectivity index (χ0v) is 14.3. The third kappa shape index (κ3) is 6.30. The van der Waals surface area contributed by atoms with Crippen LogP contribution >= 0.6 is 11.8 Å². The van der Waals surface area contributed by atoms with E-state index in [1.54, 1.807) is 0 Å². The minimum Gasteiger partial charge on any atom is -0.484 e. The molecule has 1 aliphatic rings. The minimum absolute atomic E-state index is 0.0381. The van der Waals surface area contributed by atoms with Gasteiger partial charge in [0, 0.05) is 17.5 Å². The number of benzene rings is 1. The summed E-state index contributed by atoms with van der Waals surface area (Å²) in [6.07, 6.45) is 7.83. The lowest BCUT2D eigenvalue weighted by Crippen LogP contribution is -2.31. The number of hydrogen-bond acceptors (Lipinski definition) is 3. The normalized spacial score (nSPS) is 15.5. The molecule has 0 aromatic heterocycles. The van der Waals surface area contributed by atoms with Crippen LogP contribution in [0.25, 0.3) is 0 Å². The molecule has 1 fully saturated rings. The Morgan fingerprint density at radius 2 is 1.95 bits per heavy atom. The summed E-state index contributed by atoms with van der Waals surface area (Å²) < 4.78 is 5.50. The fraction of sp³-hybridized carbons (Fsp3) is 0.611. The van der Waals surface area contributed by atoms with Gasteiger partial charge in [-0.2, -0.15) is 11.8 Å². The largest absolute Gasteiger partial charge is 0.484 e. The molecule has 0 bridgehead atoms. The van der Waals surface area contributed by atoms with Gasteiger partial charge in [-0.25, -0.2) is 0 Å². The number of hydrogen-bond donors (Lipinski definition) is 1. The lowest BCUT2D eigenvalue weighted by Gasteiger charge is -2.20. The number of ether oxygens (including phenoxy) is 1. The molecule has 1 aromatic carbocycles. The molecule has 0 heterocycles. The van der Waals surface area contributed by atoms with Crippen LogP contribution in [0.3, 0.4) is 0 Å². The number of carbonyl (C=O) groups is 1. The first kappa shape index (κ1) is 17.2. The van der Waals surface area contributed by atoms with Crippen molar-refractivity contribution in [2.24, 2.45) is 0 Å². The molecule has 0 spiro atoms. The van der Waals surface area contributed by atoms with Gasteiger partial charge < -0.3 is 10.1 Å². The smallest absolute Gasteiger partial charge is 0.257 e. The van der Waals surface area contributed by atoms with Crippen molar-refractivity contribution in [1.82, 2.24) is 5.32 Å². The van der Waals surface area contributed by atoms with E-state index >= 15 is 0 Å². The standard InChI is InChI=1S/C18H27NO2S/c1-2-15-8-10-16(11-9-15)21-14-18(20)19-12-13-22-17-6-4-3-5-7-17/h8-11,17H,2-7,12-14H2,1H3,(H,19,20). The predicted octanol–water partition coefficient (Wildman–Crippen LogP) is 3.81. The van der Waals surface area contributed by atoms with E-state index in [1.165, 1.54) is 37.7 Å². The predicted molar refractivity (Wildman–Crippen MR) is 93.7 cm³/mol. The molecular formula is C18H27NO2S. The maximum absolute atomic E-state index is 11.7. The fourth-order valence-corrected chi connectivity index (χ4v) is 3.89. The van der Waals surface area contributed by atoms with Gasteiger partial charge in [-0.1, -0.05) is 38.3 Å². The van der Waals surface area contributed by atoms with Gasteiger partial charge >= 0.3 is 0 Å². The van der Waals surface area contributed by atoms with E-state index in [-0.39, 0.29) is 12.5 Å². The van der Waals surface area contributed by atoms with Gasteiger partial charge in [-0.05, 0) is 37.0 Å². The monoisotopic (exact) mass is 321 g/mol. The molecule has 0 unspecified atom stereocenters. The van der Waals surface area contributed by atoms with Gasteiger partial charge in [0.1, 0.15) is 5.75 Å². The van der Waals surface area contributed by atoms with Crippen molar-refractivity contribution in [3.63, 3.8) is 0 Å². The first-order valence-electron chi connectivity index (χ1n) is 8.38. The maximum atomic E-state index is 11.7. The molecule has 4 heteroatoms. The molecule has 1 aromatic rings. The van der Waals surface area contributed by atoms with Crippen LogP contribution in [0.15, 0.2) is 24.3 Å². The van der Waals surface area contributed by atoms with E-state index in [4.69, 9.17) is 4.74 Å². The molecule has 1 aliphatic carbocycles. The van der Waals surface area contributed by atoms with Gasteiger partial charge in [-0.15, -0.1) is 0 Å². The van der Waals surface area contributed by atoms with Gasteiger partial charge in [0.2, 0.25) is 0 Å². The summed E-state index contributed by atoms with van der Waals surface area (Å²) in [7, 11) is 0. The Kier molecular flexibility index (Phi) is 7.64. The van der Waals surface area contributed by atoms with Crippen molar-refractivity contribution >= 4 is 17.7 Å². The Balaban J connectivity index is 1.55. The first-order valence-corrected chi connectivity index (χ1v) is 9.43. The maximum Gasteiger partial charge on any atom is 0.257 e. The summed E-state index contributed by atoms with van der Waals surface area (Å²) in [5.41, 5.74) is 1.27. The van der Waals surface area contributed by atoms with Crippen molar-refractivity contribution in [3.8, 4) is 5.75 Å². The van der Waals surface area contributed by atoms with Crippen LogP contribution in [0.5, 0.6) is 5.75 Å². The second-order valence-electron chi connectivity index (χ2n) is 5.77. The number of carbonyl (C=O) groups excluding carboxylic acids is 1. The fourth-order valence-electron chi connectivity index (χ4n) is 2.67. The van der Waals surface area contributed by atoms with Gasteiger partial charge in [0.25, 0.3) is 5.91 Å². The van der Waals surface area contributed by atoms with Gasteiger partial charge in [0.05, 0.1) is 0 Å². The molecule has 0 aliphatic heterocycles. The highest BCUT2D eigenvalue weighted by Crippen LogP contribution is 2.27. The summed E-state index contributed by atoms with van der Waals surface area (Å²) in [5, 5.41) is 3.73. The average Bonchev–Trinajstić information content (AvgIpc) is 2.58. The molecule has 2 rings (SSSR count). The Hall–Kier alpha value is -1.16. The molecule has 22 heavy (non-hydrogen) atoms. The quantitative estimate of drug-likeness (QED) is 0.740. The van der Waals surface area contributed by atoms with Crippen molar-refractivity contribution in [2.45, 2.75) is 50.7 Å². The van der Waals surface area contributed by atoms with Crippen LogP contribution in [0.4, 0.5) is 0 Å². The lowest BCUT2D eigenvalue weighted by molar-refractivity contribution is -0.122. The Labute approximate surface area is 138 Å². The zero-order chi connectivity index (χ0) is 15.6. The molecule has 122 valence electrons. The first-order chi connectivity index (χ1) is 10.8. The van der Waals surface area contributed by atoms with Gasteiger partial charge in [0.15, 0.2) is 6.61 Å². The molecule has 0 saturated heterocycles. The number of amides is 1. The van der Waals surface area contributed by atoms with E-state index < -0.39 is 0 Å². The summed E-state index contributed by atoms with van der Waals surface area (Å²) in [6.45, 7) is 2.95. The highest BCUT2D eigenvalue weighted by Gasteiger charge is 2.13. The molecule has 0 atom stereocenters. The SMILES string of the molecule is CCc1ccc(OCC(=O)NCCSC2CCCCC2)cc1. The average molecular weight is 321 g/mol. The third-order valence-electron chi connectivity index (χ3n) is 4.03. The number of rotatable bonds is 8. The molecule has 0 radical (unpaired) electrons. The van der Waals surface area contributed by atoms with Crippen LogP contribution < -0.4 is 10.1 Å². The van der Waals surface area contributed by atoms with Crippen molar-refractivity contribution in [1.29, 1.82) is 0 Å². The third-order valence-corrected chi connectivity index (χ3v) is 5.41. The van der Waals surface area contributed by atoms with Crippen LogP contribution in [0, 0.1) is 0 Å². The van der Waals surface area contributed by atoms with Crippen LogP contribution in [0.1, 0.15) is 44.6 Å². The molecule has 1 amide bonds. The highest BCUT2D eigenvalue weighted by atomic mass is 32.2. The zero-order valence-electron chi connectivity index (χ0n) is 13.5. The van der Waals surface area contributed by atoms with E-state index in [0.717, 1.165) is 29.7 Å². The Bertz CT molecular complexity index is 441. The molecular weight excluding hydrogens is 294 g/mol. The van der Waals surface area contributed by atoms with Gasteiger partial charge in [-0.3, -0.25) is 4.79 Å². The summed E-state index contributed by atoms with van der Waals surface area (Å²) in [6, 6.07) is 7.91. The van der Waals surface area contributed by atoms with Crippen LogP contribution in [0.2, 0.25) is 0 Å². The molecule has 3 nitrogen and oxygen atoms in total. The topological polar surface area (TPSA) is 38.3 Å². The van der Waals surface area contributed by atoms with E-state index in [9.17, 15) is 4.79 Å². The summed E-state index contributed by atoms with van der Waals surface area (Å²) >= 11 is 2.00. The number of aryl methyl sites for hydroxylation is 1. The van der Waals surface area contributed by atoms with E-state index in [1.807, 2.05) is 36.0 Å². The van der Waals surface area contributed by atoms with Crippen molar-refractivity contribution < 1.29 is 9.53 Å². The Morgan fingerprint density at radius 1 is 1.23 bits per heavy atom.